The molecule has 0 aromatic heterocycles. The summed E-state index contributed by atoms with van der Waals surface area (Å²) in [4.78, 5) is 36.1. The molecular formula is C18H26N2O7. The van der Waals surface area contributed by atoms with Crippen LogP contribution in [0.5, 0.6) is 17.2 Å². The van der Waals surface area contributed by atoms with Gasteiger partial charge in [-0.2, -0.15) is 0 Å². The van der Waals surface area contributed by atoms with Crippen LogP contribution in [0.2, 0.25) is 0 Å². The lowest BCUT2D eigenvalue weighted by Gasteiger charge is -2.16. The molecule has 9 heteroatoms. The van der Waals surface area contributed by atoms with Gasteiger partial charge in [-0.05, 0) is 24.1 Å². The maximum Gasteiger partial charge on any atom is 0.306 e. The average Bonchev–Trinajstić information content (AvgIpc) is 2.68. The van der Waals surface area contributed by atoms with Gasteiger partial charge in [0.1, 0.15) is 0 Å². The summed E-state index contributed by atoms with van der Waals surface area (Å²) in [6.07, 6.45) is 0.447. The highest BCUT2D eigenvalue weighted by molar-refractivity contribution is 5.86. The minimum atomic E-state index is -0.523. The number of carbonyl (C=O) groups is 3. The number of hydrogen-bond donors (Lipinski definition) is 1. The van der Waals surface area contributed by atoms with Crippen LogP contribution in [0.1, 0.15) is 12.0 Å². The third kappa shape index (κ3) is 6.69. The average molecular weight is 382 g/mol. The van der Waals surface area contributed by atoms with Crippen molar-refractivity contribution < 1.29 is 33.3 Å². The highest BCUT2D eigenvalue weighted by atomic mass is 16.5. The molecule has 0 heterocycles. The van der Waals surface area contributed by atoms with Gasteiger partial charge in [0.25, 0.3) is 5.91 Å². The van der Waals surface area contributed by atoms with Crippen molar-refractivity contribution in [3.05, 3.63) is 17.7 Å². The Kier molecular flexibility index (Phi) is 8.91. The quantitative estimate of drug-likeness (QED) is 0.584. The molecule has 27 heavy (non-hydrogen) atoms. The third-order valence-electron chi connectivity index (χ3n) is 3.78. The number of likely N-dealkylation sites (N-methyl/N-ethyl adjacent to an activating group) is 2. The largest absolute Gasteiger partial charge is 0.493 e. The maximum absolute atomic E-state index is 11.9. The first-order valence-corrected chi connectivity index (χ1v) is 8.25. The van der Waals surface area contributed by atoms with Gasteiger partial charge >= 0.3 is 5.97 Å². The standard InChI is InChI=1S/C18H26N2O7/c1-19-15(21)10-20(2)16(22)11-27-17(23)7-6-12-8-13(24-3)18(26-5)14(9-12)25-4/h8-9H,6-7,10-11H2,1-5H3,(H,19,21). The Balaban J connectivity index is 2.57. The zero-order valence-electron chi connectivity index (χ0n) is 16.3. The van der Waals surface area contributed by atoms with Crippen LogP contribution in [0, 0.1) is 0 Å². The normalized spacial score (nSPS) is 9.96. The molecule has 150 valence electrons. The van der Waals surface area contributed by atoms with E-state index in [-0.39, 0.29) is 18.9 Å². The second kappa shape index (κ2) is 10.9. The number of esters is 1. The molecule has 0 fully saturated rings. The summed E-state index contributed by atoms with van der Waals surface area (Å²) in [5, 5.41) is 2.41. The molecule has 1 aromatic rings. The summed E-state index contributed by atoms with van der Waals surface area (Å²) in [6, 6.07) is 3.49. The first kappa shape index (κ1) is 22.1. The summed E-state index contributed by atoms with van der Waals surface area (Å²) in [5.74, 6) is 0.165. The first-order chi connectivity index (χ1) is 12.9. The lowest BCUT2D eigenvalue weighted by Crippen LogP contribution is -2.39. The molecule has 0 aliphatic carbocycles. The second-order valence-corrected chi connectivity index (χ2v) is 5.62. The number of rotatable bonds is 10. The van der Waals surface area contributed by atoms with Gasteiger partial charge in [-0.1, -0.05) is 0 Å². The second-order valence-electron chi connectivity index (χ2n) is 5.62. The number of amides is 2. The molecule has 0 unspecified atom stereocenters. The van der Waals surface area contributed by atoms with E-state index in [0.717, 1.165) is 5.56 Å². The van der Waals surface area contributed by atoms with Gasteiger partial charge in [0.05, 0.1) is 27.9 Å². The van der Waals surface area contributed by atoms with E-state index in [1.807, 2.05) is 0 Å². The number of nitrogens with one attached hydrogen (secondary N) is 1. The zero-order chi connectivity index (χ0) is 20.4. The minimum absolute atomic E-state index is 0.0745. The summed E-state index contributed by atoms with van der Waals surface area (Å²) in [7, 11) is 7.47. The fourth-order valence-electron chi connectivity index (χ4n) is 2.23. The van der Waals surface area contributed by atoms with Gasteiger partial charge in [0.15, 0.2) is 18.1 Å². The summed E-state index contributed by atoms with van der Waals surface area (Å²) >= 11 is 0. The molecule has 2 amide bonds. The molecule has 1 rings (SSSR count). The molecule has 0 atom stereocenters. The number of benzene rings is 1. The number of methoxy groups -OCH3 is 3. The van der Waals surface area contributed by atoms with Crippen LogP contribution in [0.15, 0.2) is 12.1 Å². The Morgan fingerprint density at radius 2 is 1.63 bits per heavy atom. The fourth-order valence-corrected chi connectivity index (χ4v) is 2.23. The van der Waals surface area contributed by atoms with Crippen LogP contribution in [0.4, 0.5) is 0 Å². The lowest BCUT2D eigenvalue weighted by molar-refractivity contribution is -0.151. The van der Waals surface area contributed by atoms with E-state index < -0.39 is 18.5 Å². The molecule has 0 aliphatic rings. The Morgan fingerprint density at radius 1 is 1.04 bits per heavy atom. The number of aryl methyl sites for hydroxylation is 1. The van der Waals surface area contributed by atoms with Crippen LogP contribution in [-0.4, -0.2) is 71.3 Å². The van der Waals surface area contributed by atoms with E-state index in [0.29, 0.717) is 23.7 Å². The van der Waals surface area contributed by atoms with Crippen LogP contribution in [-0.2, 0) is 25.5 Å². The lowest BCUT2D eigenvalue weighted by atomic mass is 10.1. The Bertz CT molecular complexity index is 651. The number of carbonyl (C=O) groups excluding carboxylic acids is 3. The van der Waals surface area contributed by atoms with Crippen molar-refractivity contribution in [2.24, 2.45) is 0 Å². The van der Waals surface area contributed by atoms with Crippen molar-refractivity contribution in [1.29, 1.82) is 0 Å². The Morgan fingerprint density at radius 3 is 2.11 bits per heavy atom. The van der Waals surface area contributed by atoms with Crippen LogP contribution in [0.25, 0.3) is 0 Å². The first-order valence-electron chi connectivity index (χ1n) is 8.25. The number of ether oxygens (including phenoxy) is 4. The predicted molar refractivity (Wildman–Crippen MR) is 97.1 cm³/mol. The van der Waals surface area contributed by atoms with E-state index in [9.17, 15) is 14.4 Å². The molecule has 0 spiro atoms. The monoisotopic (exact) mass is 382 g/mol. The van der Waals surface area contributed by atoms with Gasteiger partial charge in [0.2, 0.25) is 11.7 Å². The Hall–Kier alpha value is -2.97. The van der Waals surface area contributed by atoms with E-state index >= 15 is 0 Å². The van der Waals surface area contributed by atoms with Crippen molar-refractivity contribution in [3.63, 3.8) is 0 Å². The topological polar surface area (TPSA) is 103 Å². The highest BCUT2D eigenvalue weighted by Crippen LogP contribution is 2.38. The Labute approximate surface area is 158 Å². The molecular weight excluding hydrogens is 356 g/mol. The van der Waals surface area contributed by atoms with Crippen molar-refractivity contribution in [1.82, 2.24) is 10.2 Å². The van der Waals surface area contributed by atoms with Crippen LogP contribution < -0.4 is 19.5 Å². The van der Waals surface area contributed by atoms with Crippen molar-refractivity contribution in [3.8, 4) is 17.2 Å². The van der Waals surface area contributed by atoms with Gasteiger partial charge in [-0.25, -0.2) is 0 Å². The molecule has 0 aliphatic heterocycles. The molecule has 0 bridgehead atoms. The van der Waals surface area contributed by atoms with E-state index in [1.54, 1.807) is 12.1 Å². The third-order valence-corrected chi connectivity index (χ3v) is 3.78. The van der Waals surface area contributed by atoms with Crippen LogP contribution >= 0.6 is 0 Å². The van der Waals surface area contributed by atoms with Crippen molar-refractivity contribution in [2.45, 2.75) is 12.8 Å². The summed E-state index contributed by atoms with van der Waals surface area (Å²) in [6.45, 7) is -0.514. The SMILES string of the molecule is CNC(=O)CN(C)C(=O)COC(=O)CCc1cc(OC)c(OC)c(OC)c1. The molecule has 0 radical (unpaired) electrons. The van der Waals surface area contributed by atoms with Gasteiger partial charge in [-0.3, -0.25) is 14.4 Å². The smallest absolute Gasteiger partial charge is 0.306 e. The minimum Gasteiger partial charge on any atom is -0.493 e. The highest BCUT2D eigenvalue weighted by Gasteiger charge is 2.16. The van der Waals surface area contributed by atoms with E-state index in [2.05, 4.69) is 5.32 Å². The molecule has 0 saturated heterocycles. The van der Waals surface area contributed by atoms with Gasteiger partial charge in [-0.15, -0.1) is 0 Å². The predicted octanol–water partition coefficient (Wildman–Crippen LogP) is 0.393. The zero-order valence-corrected chi connectivity index (χ0v) is 16.3. The maximum atomic E-state index is 11.9. The van der Waals surface area contributed by atoms with Gasteiger partial charge in [0, 0.05) is 20.5 Å². The van der Waals surface area contributed by atoms with E-state index in [4.69, 9.17) is 18.9 Å². The fraction of sp³-hybridized carbons (Fsp3) is 0.500. The number of hydrogen-bond acceptors (Lipinski definition) is 7. The van der Waals surface area contributed by atoms with Crippen LogP contribution in [0.3, 0.4) is 0 Å². The van der Waals surface area contributed by atoms with E-state index in [1.165, 1.54) is 40.3 Å². The molecule has 9 nitrogen and oxygen atoms in total. The van der Waals surface area contributed by atoms with Crippen molar-refractivity contribution in [2.75, 3.05) is 48.6 Å². The molecule has 1 N–H and O–H groups in total. The number of nitrogens with zero attached hydrogens (tertiary/aromatic N) is 1. The van der Waals surface area contributed by atoms with Crippen molar-refractivity contribution >= 4 is 17.8 Å². The summed E-state index contributed by atoms with van der Waals surface area (Å²) < 4.78 is 20.8. The molecule has 0 saturated carbocycles. The molecule has 1 aromatic carbocycles. The van der Waals surface area contributed by atoms with Gasteiger partial charge < -0.3 is 29.2 Å². The summed E-state index contributed by atoms with van der Waals surface area (Å²) in [5.41, 5.74) is 0.796.